The van der Waals surface area contributed by atoms with E-state index >= 15 is 0 Å². The lowest BCUT2D eigenvalue weighted by atomic mass is 10.1. The van der Waals surface area contributed by atoms with E-state index in [9.17, 15) is 14.4 Å². The number of carboxylic acids is 1. The SMILES string of the molecule is O=CC=Cc1ccccc1C(=O)NCC(=O)O. The van der Waals surface area contributed by atoms with E-state index in [1.807, 2.05) is 0 Å². The maximum atomic E-state index is 11.6. The minimum absolute atomic E-state index is 0.326. The highest BCUT2D eigenvalue weighted by Gasteiger charge is 2.09. The van der Waals surface area contributed by atoms with Gasteiger partial charge in [-0.25, -0.2) is 0 Å². The minimum atomic E-state index is -1.11. The van der Waals surface area contributed by atoms with Gasteiger partial charge in [-0.15, -0.1) is 0 Å². The van der Waals surface area contributed by atoms with Gasteiger partial charge >= 0.3 is 5.97 Å². The molecule has 0 radical (unpaired) electrons. The van der Waals surface area contributed by atoms with Gasteiger partial charge in [0.2, 0.25) is 0 Å². The molecular weight excluding hydrogens is 222 g/mol. The molecule has 17 heavy (non-hydrogen) atoms. The minimum Gasteiger partial charge on any atom is -0.480 e. The van der Waals surface area contributed by atoms with E-state index in [1.165, 1.54) is 12.2 Å². The van der Waals surface area contributed by atoms with Gasteiger partial charge in [0.25, 0.3) is 5.91 Å². The van der Waals surface area contributed by atoms with Gasteiger partial charge in [-0.05, 0) is 17.7 Å². The second-order valence-corrected chi connectivity index (χ2v) is 3.16. The Balaban J connectivity index is 2.88. The van der Waals surface area contributed by atoms with Crippen LogP contribution in [0.2, 0.25) is 0 Å². The van der Waals surface area contributed by atoms with Gasteiger partial charge in [0.05, 0.1) is 0 Å². The van der Waals surface area contributed by atoms with Crippen molar-refractivity contribution in [3.05, 3.63) is 41.5 Å². The molecule has 2 N–H and O–H groups in total. The van der Waals surface area contributed by atoms with E-state index in [-0.39, 0.29) is 0 Å². The van der Waals surface area contributed by atoms with E-state index in [0.29, 0.717) is 17.4 Å². The number of aldehydes is 1. The number of hydrogen-bond acceptors (Lipinski definition) is 3. The van der Waals surface area contributed by atoms with Gasteiger partial charge in [0, 0.05) is 5.56 Å². The molecule has 0 aliphatic heterocycles. The predicted octanol–water partition coefficient (Wildman–Crippen LogP) is 0.713. The maximum Gasteiger partial charge on any atom is 0.322 e. The van der Waals surface area contributed by atoms with Crippen LogP contribution < -0.4 is 5.32 Å². The number of allylic oxidation sites excluding steroid dienone is 1. The summed E-state index contributed by atoms with van der Waals surface area (Å²) in [6, 6.07) is 6.60. The van der Waals surface area contributed by atoms with Crippen molar-refractivity contribution in [2.75, 3.05) is 6.54 Å². The zero-order valence-corrected chi connectivity index (χ0v) is 8.92. The Morgan fingerprint density at radius 2 is 2.00 bits per heavy atom. The first-order valence-electron chi connectivity index (χ1n) is 4.86. The summed E-state index contributed by atoms with van der Waals surface area (Å²) in [5.74, 6) is -1.60. The summed E-state index contributed by atoms with van der Waals surface area (Å²) in [6.45, 7) is -0.440. The fraction of sp³-hybridized carbons (Fsp3) is 0.0833. The van der Waals surface area contributed by atoms with Crippen LogP contribution in [-0.2, 0) is 9.59 Å². The third-order valence-electron chi connectivity index (χ3n) is 1.96. The summed E-state index contributed by atoms with van der Waals surface area (Å²) in [5, 5.41) is 10.7. The quantitative estimate of drug-likeness (QED) is 0.579. The molecule has 0 saturated carbocycles. The first-order valence-corrected chi connectivity index (χ1v) is 4.86. The molecule has 5 nitrogen and oxygen atoms in total. The molecule has 5 heteroatoms. The first-order chi connectivity index (χ1) is 8.15. The van der Waals surface area contributed by atoms with Crippen molar-refractivity contribution < 1.29 is 19.5 Å². The van der Waals surface area contributed by atoms with E-state index in [4.69, 9.17) is 5.11 Å². The number of carboxylic acid groups (broad SMARTS) is 1. The molecule has 0 unspecified atom stereocenters. The van der Waals surface area contributed by atoms with Crippen LogP contribution in [0.5, 0.6) is 0 Å². The van der Waals surface area contributed by atoms with Crippen molar-refractivity contribution in [1.82, 2.24) is 5.32 Å². The zero-order chi connectivity index (χ0) is 12.7. The van der Waals surface area contributed by atoms with Crippen molar-refractivity contribution in [2.45, 2.75) is 0 Å². The first kappa shape index (κ1) is 12.6. The van der Waals surface area contributed by atoms with Crippen molar-refractivity contribution >= 4 is 24.2 Å². The average Bonchev–Trinajstić information content (AvgIpc) is 2.33. The number of carbonyl (C=O) groups is 3. The standard InChI is InChI=1S/C12H11NO4/c14-7-3-5-9-4-1-2-6-10(9)12(17)13-8-11(15)16/h1-7H,8H2,(H,13,17)(H,15,16). The average molecular weight is 233 g/mol. The Bertz CT molecular complexity index is 465. The molecular formula is C12H11NO4. The molecule has 1 amide bonds. The number of carbonyl (C=O) groups excluding carboxylic acids is 2. The highest BCUT2D eigenvalue weighted by atomic mass is 16.4. The topological polar surface area (TPSA) is 83.5 Å². The molecule has 0 saturated heterocycles. The molecule has 0 heterocycles. The molecule has 0 bridgehead atoms. The zero-order valence-electron chi connectivity index (χ0n) is 8.92. The Morgan fingerprint density at radius 1 is 1.29 bits per heavy atom. The molecule has 1 aromatic rings. The number of amides is 1. The number of hydrogen-bond donors (Lipinski definition) is 2. The van der Waals surface area contributed by atoms with Crippen LogP contribution in [0.4, 0.5) is 0 Å². The van der Waals surface area contributed by atoms with Crippen molar-refractivity contribution in [2.24, 2.45) is 0 Å². The maximum absolute atomic E-state index is 11.6. The highest BCUT2D eigenvalue weighted by Crippen LogP contribution is 2.10. The summed E-state index contributed by atoms with van der Waals surface area (Å²) < 4.78 is 0. The summed E-state index contributed by atoms with van der Waals surface area (Å²) >= 11 is 0. The molecule has 0 aliphatic rings. The lowest BCUT2D eigenvalue weighted by Gasteiger charge is -2.05. The Kier molecular flexibility index (Phi) is 4.62. The van der Waals surface area contributed by atoms with Gasteiger partial charge in [0.15, 0.2) is 0 Å². The van der Waals surface area contributed by atoms with Gasteiger partial charge < -0.3 is 10.4 Å². The molecule has 0 atom stereocenters. The number of benzene rings is 1. The van der Waals surface area contributed by atoms with Crippen LogP contribution in [0.15, 0.2) is 30.3 Å². The molecule has 1 rings (SSSR count). The summed E-state index contributed by atoms with van der Waals surface area (Å²) in [6.07, 6.45) is 3.36. The fourth-order valence-electron chi connectivity index (χ4n) is 1.24. The second kappa shape index (κ2) is 6.22. The van der Waals surface area contributed by atoms with E-state index < -0.39 is 18.4 Å². The van der Waals surface area contributed by atoms with Crippen LogP contribution in [0.25, 0.3) is 6.08 Å². The smallest absolute Gasteiger partial charge is 0.322 e. The molecule has 0 aromatic heterocycles. The normalized spacial score (nSPS) is 10.1. The highest BCUT2D eigenvalue weighted by molar-refractivity contribution is 5.99. The second-order valence-electron chi connectivity index (χ2n) is 3.16. The molecule has 88 valence electrons. The Labute approximate surface area is 97.8 Å². The summed E-state index contributed by atoms with van der Waals surface area (Å²) in [4.78, 5) is 32.2. The molecule has 0 fully saturated rings. The third-order valence-corrected chi connectivity index (χ3v) is 1.96. The van der Waals surface area contributed by atoms with Gasteiger partial charge in [-0.1, -0.05) is 24.3 Å². The van der Waals surface area contributed by atoms with Crippen LogP contribution in [0.1, 0.15) is 15.9 Å². The van der Waals surface area contributed by atoms with E-state index in [2.05, 4.69) is 5.32 Å². The lowest BCUT2D eigenvalue weighted by molar-refractivity contribution is -0.135. The third kappa shape index (κ3) is 3.90. The van der Waals surface area contributed by atoms with Crippen molar-refractivity contribution in [3.63, 3.8) is 0 Å². The van der Waals surface area contributed by atoms with Crippen LogP contribution >= 0.6 is 0 Å². The Hall–Kier alpha value is -2.43. The molecule has 0 aliphatic carbocycles. The fourth-order valence-corrected chi connectivity index (χ4v) is 1.24. The number of rotatable bonds is 5. The summed E-state index contributed by atoms with van der Waals surface area (Å²) in [7, 11) is 0. The number of nitrogens with one attached hydrogen (secondary N) is 1. The van der Waals surface area contributed by atoms with E-state index in [0.717, 1.165) is 0 Å². The largest absolute Gasteiger partial charge is 0.480 e. The van der Waals surface area contributed by atoms with Gasteiger partial charge in [-0.3, -0.25) is 14.4 Å². The van der Waals surface area contributed by atoms with Gasteiger partial charge in [0.1, 0.15) is 12.8 Å². The summed E-state index contributed by atoms with van der Waals surface area (Å²) in [5.41, 5.74) is 0.884. The van der Waals surface area contributed by atoms with Crippen LogP contribution in [0.3, 0.4) is 0 Å². The van der Waals surface area contributed by atoms with E-state index in [1.54, 1.807) is 24.3 Å². The van der Waals surface area contributed by atoms with Gasteiger partial charge in [-0.2, -0.15) is 0 Å². The number of aliphatic carboxylic acids is 1. The van der Waals surface area contributed by atoms with Crippen molar-refractivity contribution in [3.8, 4) is 0 Å². The van der Waals surface area contributed by atoms with Crippen LogP contribution in [0, 0.1) is 0 Å². The predicted molar refractivity (Wildman–Crippen MR) is 61.5 cm³/mol. The lowest BCUT2D eigenvalue weighted by Crippen LogP contribution is -2.29. The van der Waals surface area contributed by atoms with Crippen LogP contribution in [-0.4, -0.2) is 29.8 Å². The molecule has 1 aromatic carbocycles. The van der Waals surface area contributed by atoms with Crippen molar-refractivity contribution in [1.29, 1.82) is 0 Å². The Morgan fingerprint density at radius 3 is 2.65 bits per heavy atom. The molecule has 0 spiro atoms. The monoisotopic (exact) mass is 233 g/mol.